The molecule has 1 aliphatic heterocycles. The second-order valence-corrected chi connectivity index (χ2v) is 9.92. The van der Waals surface area contributed by atoms with Crippen LogP contribution >= 0.6 is 0 Å². The third-order valence-electron chi connectivity index (χ3n) is 6.38. The molecule has 1 saturated heterocycles. The standard InChI is InChI=1S/C22H28N2O5S/c1-3-5-6-10-16-15-20(25)17(9-4-2)18-13-14-23(22(16)18)30(28,29)21-12-8-7-11-19(21)24(26)27/h3-4,7-8,11-12,16-18,22H,1-2,5-6,9-10,13-15H2/t16-,17-,18-,22-/m1/s1. The van der Waals surface area contributed by atoms with E-state index in [2.05, 4.69) is 13.2 Å². The summed E-state index contributed by atoms with van der Waals surface area (Å²) in [6.45, 7) is 7.76. The minimum atomic E-state index is -4.07. The Morgan fingerprint density at radius 3 is 2.63 bits per heavy atom. The van der Waals surface area contributed by atoms with E-state index < -0.39 is 20.6 Å². The van der Waals surface area contributed by atoms with Crippen LogP contribution in [0.1, 0.15) is 38.5 Å². The number of carbonyl (C=O) groups is 1. The quantitative estimate of drug-likeness (QED) is 0.253. The molecule has 1 aromatic rings. The number of benzene rings is 1. The lowest BCUT2D eigenvalue weighted by Gasteiger charge is -2.41. The van der Waals surface area contributed by atoms with Gasteiger partial charge in [-0.05, 0) is 50.0 Å². The Bertz CT molecular complexity index is 943. The molecular weight excluding hydrogens is 404 g/mol. The SMILES string of the molecule is C=CCCC[C@@H]1CC(=O)[C@H](CC=C)[C@H]2CCN(S(=O)(=O)c3ccccc3[N+](=O)[O-])[C@H]12. The van der Waals surface area contributed by atoms with Crippen molar-refractivity contribution in [2.75, 3.05) is 6.54 Å². The largest absolute Gasteiger partial charge is 0.299 e. The highest BCUT2D eigenvalue weighted by Gasteiger charge is 2.53. The lowest BCUT2D eigenvalue weighted by molar-refractivity contribution is -0.387. The molecule has 0 radical (unpaired) electrons. The van der Waals surface area contributed by atoms with Crippen molar-refractivity contribution in [2.24, 2.45) is 17.8 Å². The number of unbranched alkanes of at least 4 members (excludes halogenated alkanes) is 1. The van der Waals surface area contributed by atoms with Gasteiger partial charge in [0.1, 0.15) is 5.78 Å². The monoisotopic (exact) mass is 432 g/mol. The van der Waals surface area contributed by atoms with Crippen LogP contribution in [-0.4, -0.2) is 36.0 Å². The topological polar surface area (TPSA) is 97.6 Å². The molecule has 162 valence electrons. The van der Waals surface area contributed by atoms with Gasteiger partial charge in [-0.15, -0.1) is 13.2 Å². The molecule has 0 unspecified atom stereocenters. The number of carbonyl (C=O) groups excluding carboxylic acids is 1. The van der Waals surface area contributed by atoms with E-state index in [0.29, 0.717) is 19.3 Å². The summed E-state index contributed by atoms with van der Waals surface area (Å²) in [6.07, 6.45) is 7.33. The third kappa shape index (κ3) is 4.11. The molecule has 2 aliphatic rings. The molecule has 1 aromatic carbocycles. The van der Waals surface area contributed by atoms with Crippen LogP contribution in [0.3, 0.4) is 0 Å². The predicted molar refractivity (Wildman–Crippen MR) is 114 cm³/mol. The molecule has 0 spiro atoms. The van der Waals surface area contributed by atoms with Crippen molar-refractivity contribution in [2.45, 2.75) is 49.5 Å². The number of fused-ring (bicyclic) bond motifs is 1. The van der Waals surface area contributed by atoms with E-state index in [1.54, 1.807) is 6.08 Å². The number of nitro groups is 1. The number of hydrogen-bond donors (Lipinski definition) is 0. The Labute approximate surface area is 177 Å². The highest BCUT2D eigenvalue weighted by Crippen LogP contribution is 2.47. The van der Waals surface area contributed by atoms with E-state index in [1.165, 1.54) is 28.6 Å². The Hall–Kier alpha value is -2.32. The van der Waals surface area contributed by atoms with Crippen molar-refractivity contribution in [3.8, 4) is 0 Å². The molecule has 0 amide bonds. The molecule has 1 aliphatic carbocycles. The summed E-state index contributed by atoms with van der Waals surface area (Å²) in [4.78, 5) is 23.3. The highest BCUT2D eigenvalue weighted by atomic mass is 32.2. The van der Waals surface area contributed by atoms with Gasteiger partial charge in [0.2, 0.25) is 10.0 Å². The van der Waals surface area contributed by atoms with Crippen molar-refractivity contribution in [3.05, 3.63) is 59.7 Å². The fraction of sp³-hybridized carbons (Fsp3) is 0.500. The number of nitro benzene ring substituents is 1. The minimum Gasteiger partial charge on any atom is -0.299 e. The Morgan fingerprint density at radius 2 is 1.97 bits per heavy atom. The summed E-state index contributed by atoms with van der Waals surface area (Å²) in [7, 11) is -4.07. The molecule has 0 aromatic heterocycles. The van der Waals surface area contributed by atoms with Crippen LogP contribution in [0, 0.1) is 27.9 Å². The number of ketones is 1. The van der Waals surface area contributed by atoms with Crippen LogP contribution in [0.5, 0.6) is 0 Å². The van der Waals surface area contributed by atoms with E-state index >= 15 is 0 Å². The average Bonchev–Trinajstić information content (AvgIpc) is 3.17. The highest BCUT2D eigenvalue weighted by molar-refractivity contribution is 7.89. The van der Waals surface area contributed by atoms with Crippen LogP contribution in [0.25, 0.3) is 0 Å². The second-order valence-electron chi connectivity index (χ2n) is 8.06. The molecule has 0 bridgehead atoms. The molecule has 8 heteroatoms. The number of nitrogens with zero attached hydrogens (tertiary/aromatic N) is 2. The number of sulfonamides is 1. The summed E-state index contributed by atoms with van der Waals surface area (Å²) in [5.74, 6) is -0.252. The van der Waals surface area contributed by atoms with Crippen LogP contribution in [0.2, 0.25) is 0 Å². The molecular formula is C22H28N2O5S. The van der Waals surface area contributed by atoms with Gasteiger partial charge in [0.15, 0.2) is 4.90 Å². The van der Waals surface area contributed by atoms with E-state index in [4.69, 9.17) is 0 Å². The lowest BCUT2D eigenvalue weighted by Crippen LogP contribution is -2.49. The fourth-order valence-electron chi connectivity index (χ4n) is 5.12. The smallest absolute Gasteiger partial charge is 0.289 e. The van der Waals surface area contributed by atoms with Crippen molar-refractivity contribution < 1.29 is 18.1 Å². The van der Waals surface area contributed by atoms with Crippen molar-refractivity contribution in [1.29, 1.82) is 0 Å². The van der Waals surface area contributed by atoms with Crippen LogP contribution in [0.15, 0.2) is 54.5 Å². The maximum atomic E-state index is 13.5. The molecule has 1 saturated carbocycles. The predicted octanol–water partition coefficient (Wildman–Crippen LogP) is 4.11. The maximum Gasteiger partial charge on any atom is 0.289 e. The van der Waals surface area contributed by atoms with E-state index in [1.807, 2.05) is 6.08 Å². The van der Waals surface area contributed by atoms with Gasteiger partial charge in [-0.3, -0.25) is 14.9 Å². The first-order valence-corrected chi connectivity index (χ1v) is 11.8. The normalized spacial score (nSPS) is 26.9. The molecule has 3 rings (SSSR count). The van der Waals surface area contributed by atoms with Gasteiger partial charge < -0.3 is 0 Å². The van der Waals surface area contributed by atoms with Gasteiger partial charge in [0.05, 0.1) is 4.92 Å². The zero-order valence-corrected chi connectivity index (χ0v) is 17.8. The average molecular weight is 433 g/mol. The van der Waals surface area contributed by atoms with Gasteiger partial charge >= 0.3 is 0 Å². The molecule has 0 N–H and O–H groups in total. The van der Waals surface area contributed by atoms with Crippen molar-refractivity contribution in [3.63, 3.8) is 0 Å². The molecule has 2 fully saturated rings. The number of Topliss-reactive ketones (excluding diaryl/α,β-unsaturated/α-hetero) is 1. The van der Waals surface area contributed by atoms with E-state index in [-0.39, 0.29) is 41.0 Å². The van der Waals surface area contributed by atoms with Gasteiger partial charge in [-0.1, -0.05) is 24.3 Å². The molecule has 1 heterocycles. The van der Waals surface area contributed by atoms with Gasteiger partial charge in [-0.25, -0.2) is 8.42 Å². The zero-order valence-electron chi connectivity index (χ0n) is 17.0. The van der Waals surface area contributed by atoms with Gasteiger partial charge in [0, 0.05) is 31.0 Å². The summed E-state index contributed by atoms with van der Waals surface area (Å²) in [5, 5.41) is 11.4. The summed E-state index contributed by atoms with van der Waals surface area (Å²) >= 11 is 0. The van der Waals surface area contributed by atoms with Crippen LogP contribution in [0.4, 0.5) is 5.69 Å². The fourth-order valence-corrected chi connectivity index (χ4v) is 7.02. The Morgan fingerprint density at radius 1 is 1.23 bits per heavy atom. The Balaban J connectivity index is 2.00. The van der Waals surface area contributed by atoms with E-state index in [0.717, 1.165) is 19.3 Å². The summed E-state index contributed by atoms with van der Waals surface area (Å²) in [5.41, 5.74) is -0.418. The first kappa shape index (κ1) is 22.4. The third-order valence-corrected chi connectivity index (χ3v) is 8.33. The number of allylic oxidation sites excluding steroid dienone is 2. The molecule has 7 nitrogen and oxygen atoms in total. The van der Waals surface area contributed by atoms with Crippen LogP contribution in [-0.2, 0) is 14.8 Å². The molecule has 4 atom stereocenters. The number of rotatable bonds is 9. The first-order valence-electron chi connectivity index (χ1n) is 10.3. The van der Waals surface area contributed by atoms with Crippen LogP contribution < -0.4 is 0 Å². The van der Waals surface area contributed by atoms with Crippen molar-refractivity contribution >= 4 is 21.5 Å². The Kier molecular flexibility index (Phi) is 6.88. The zero-order chi connectivity index (χ0) is 21.9. The maximum absolute atomic E-state index is 13.5. The first-order chi connectivity index (χ1) is 14.3. The van der Waals surface area contributed by atoms with Crippen molar-refractivity contribution in [1.82, 2.24) is 4.31 Å². The lowest BCUT2D eigenvalue weighted by atomic mass is 9.68. The number of hydrogen-bond acceptors (Lipinski definition) is 5. The number of para-hydroxylation sites is 1. The summed E-state index contributed by atoms with van der Waals surface area (Å²) in [6, 6.07) is 5.14. The minimum absolute atomic E-state index is 0.0875. The van der Waals surface area contributed by atoms with Gasteiger partial charge in [0.25, 0.3) is 5.69 Å². The van der Waals surface area contributed by atoms with Gasteiger partial charge in [-0.2, -0.15) is 4.31 Å². The van der Waals surface area contributed by atoms with E-state index in [9.17, 15) is 23.3 Å². The second kappa shape index (κ2) is 9.22. The summed E-state index contributed by atoms with van der Waals surface area (Å²) < 4.78 is 28.5. The molecule has 30 heavy (non-hydrogen) atoms.